The van der Waals surface area contributed by atoms with Gasteiger partial charge < -0.3 is 20.1 Å². The summed E-state index contributed by atoms with van der Waals surface area (Å²) in [6, 6.07) is 20.9. The molecule has 1 aromatic heterocycles. The van der Waals surface area contributed by atoms with Crippen LogP contribution in [0.4, 0.5) is 10.8 Å². The minimum atomic E-state index is -0.533. The Morgan fingerprint density at radius 3 is 2.45 bits per heavy atom. The summed E-state index contributed by atoms with van der Waals surface area (Å²) in [5, 5.41) is 9.04. The highest BCUT2D eigenvalue weighted by Gasteiger charge is 2.19. The molecule has 0 aliphatic carbocycles. The maximum absolute atomic E-state index is 13.5. The predicted molar refractivity (Wildman–Crippen MR) is 177 cm³/mol. The first kappa shape index (κ1) is 32.6. The lowest BCUT2D eigenvalue weighted by Crippen LogP contribution is -2.30. The Labute approximate surface area is 268 Å². The Bertz CT molecular complexity index is 1640. The van der Waals surface area contributed by atoms with Crippen LogP contribution in [0.1, 0.15) is 29.8 Å². The Morgan fingerprint density at radius 2 is 1.73 bits per heavy atom. The van der Waals surface area contributed by atoms with E-state index in [1.165, 1.54) is 37.7 Å². The lowest BCUT2D eigenvalue weighted by atomic mass is 10.1. The van der Waals surface area contributed by atoms with Gasteiger partial charge in [0.05, 0.1) is 19.5 Å². The van der Waals surface area contributed by atoms with Gasteiger partial charge in [0.15, 0.2) is 11.5 Å². The third-order valence-corrected chi connectivity index (χ3v) is 8.50. The molecular formula is C31H31N5O5S3. The normalized spacial score (nSPS) is 11.8. The highest BCUT2D eigenvalue weighted by molar-refractivity contribution is 8.00. The number of carbonyl (C=O) groups excluding carboxylic acids is 3. The van der Waals surface area contributed by atoms with E-state index in [1.54, 1.807) is 79.7 Å². The van der Waals surface area contributed by atoms with Gasteiger partial charge in [0.1, 0.15) is 5.70 Å². The van der Waals surface area contributed by atoms with Crippen LogP contribution in [0.25, 0.3) is 6.08 Å². The smallest absolute Gasteiger partial charge is 0.272 e. The van der Waals surface area contributed by atoms with Crippen molar-refractivity contribution >= 4 is 69.7 Å². The number of hydrogen-bond donors (Lipinski definition) is 3. The van der Waals surface area contributed by atoms with E-state index in [0.29, 0.717) is 38.6 Å². The van der Waals surface area contributed by atoms with Crippen molar-refractivity contribution in [2.75, 3.05) is 30.6 Å². The SMILES string of the molecule is CCSc1nsc(NC(=O)C(C)Sc2cccc(NC(=O)/C(=C\c3ccc(OC)c(OC)c3)NC(=O)c3ccccc3)c2)n1. The van der Waals surface area contributed by atoms with E-state index in [9.17, 15) is 14.4 Å². The third kappa shape index (κ3) is 9.09. The molecule has 4 aromatic rings. The molecule has 0 bridgehead atoms. The number of rotatable bonds is 13. The molecule has 10 nitrogen and oxygen atoms in total. The molecule has 13 heteroatoms. The molecule has 1 heterocycles. The maximum Gasteiger partial charge on any atom is 0.272 e. The minimum absolute atomic E-state index is 0.0227. The second kappa shape index (κ2) is 15.9. The van der Waals surface area contributed by atoms with Crippen LogP contribution in [0.3, 0.4) is 0 Å². The van der Waals surface area contributed by atoms with Gasteiger partial charge in [-0.05, 0) is 66.8 Å². The fourth-order valence-corrected chi connectivity index (χ4v) is 6.01. The number of carbonyl (C=O) groups is 3. The van der Waals surface area contributed by atoms with E-state index in [1.807, 2.05) is 13.0 Å². The summed E-state index contributed by atoms with van der Waals surface area (Å²) in [7, 11) is 3.05. The van der Waals surface area contributed by atoms with Gasteiger partial charge in [0, 0.05) is 27.7 Å². The summed E-state index contributed by atoms with van der Waals surface area (Å²) in [5.41, 5.74) is 1.53. The predicted octanol–water partition coefficient (Wildman–Crippen LogP) is 6.20. The number of amides is 3. The maximum atomic E-state index is 13.5. The van der Waals surface area contributed by atoms with Gasteiger partial charge in [0.25, 0.3) is 11.8 Å². The largest absolute Gasteiger partial charge is 0.493 e. The van der Waals surface area contributed by atoms with Crippen molar-refractivity contribution in [2.24, 2.45) is 0 Å². The summed E-state index contributed by atoms with van der Waals surface area (Å²) >= 11 is 3.98. The molecule has 0 aliphatic heterocycles. The van der Waals surface area contributed by atoms with E-state index in [2.05, 4.69) is 25.3 Å². The van der Waals surface area contributed by atoms with Crippen LogP contribution in [0, 0.1) is 0 Å². The lowest BCUT2D eigenvalue weighted by Gasteiger charge is -2.14. The molecule has 0 saturated carbocycles. The van der Waals surface area contributed by atoms with Gasteiger partial charge in [-0.15, -0.1) is 11.8 Å². The van der Waals surface area contributed by atoms with Gasteiger partial charge in [-0.1, -0.05) is 49.0 Å². The van der Waals surface area contributed by atoms with Crippen molar-refractivity contribution < 1.29 is 23.9 Å². The van der Waals surface area contributed by atoms with Gasteiger partial charge in [0.2, 0.25) is 16.2 Å². The zero-order chi connectivity index (χ0) is 31.5. The van der Waals surface area contributed by atoms with E-state index >= 15 is 0 Å². The zero-order valence-electron chi connectivity index (χ0n) is 24.5. The fourth-order valence-electron chi connectivity index (χ4n) is 3.81. The van der Waals surface area contributed by atoms with Crippen LogP contribution >= 0.6 is 35.1 Å². The van der Waals surface area contributed by atoms with Gasteiger partial charge in [-0.2, -0.15) is 9.36 Å². The second-order valence-corrected chi connectivity index (χ2v) is 12.4. The number of aromatic nitrogens is 2. The summed E-state index contributed by atoms with van der Waals surface area (Å²) in [6.07, 6.45) is 1.56. The second-order valence-electron chi connectivity index (χ2n) is 9.04. The first-order valence-electron chi connectivity index (χ1n) is 13.4. The van der Waals surface area contributed by atoms with Crippen LogP contribution in [0.5, 0.6) is 11.5 Å². The molecule has 3 N–H and O–H groups in total. The Hall–Kier alpha value is -4.33. The van der Waals surface area contributed by atoms with Crippen LogP contribution < -0.4 is 25.4 Å². The van der Waals surface area contributed by atoms with E-state index in [-0.39, 0.29) is 11.6 Å². The van der Waals surface area contributed by atoms with Crippen LogP contribution in [0.15, 0.2) is 88.5 Å². The Kier molecular flexibility index (Phi) is 11.8. The van der Waals surface area contributed by atoms with Crippen LogP contribution in [-0.2, 0) is 9.59 Å². The number of thioether (sulfide) groups is 2. The molecule has 1 unspecified atom stereocenters. The minimum Gasteiger partial charge on any atom is -0.493 e. The number of hydrogen-bond acceptors (Lipinski definition) is 10. The number of nitrogens with zero attached hydrogens (tertiary/aromatic N) is 2. The fraction of sp³-hybridized carbons (Fsp3) is 0.194. The number of ether oxygens (including phenoxy) is 2. The quantitative estimate of drug-likeness (QED) is 0.115. The van der Waals surface area contributed by atoms with Crippen molar-refractivity contribution in [3.05, 3.63) is 89.6 Å². The first-order chi connectivity index (χ1) is 21.3. The van der Waals surface area contributed by atoms with Crippen molar-refractivity contribution in [1.82, 2.24) is 14.7 Å². The van der Waals surface area contributed by atoms with Crippen molar-refractivity contribution in [3.8, 4) is 11.5 Å². The monoisotopic (exact) mass is 649 g/mol. The van der Waals surface area contributed by atoms with Crippen LogP contribution in [0.2, 0.25) is 0 Å². The third-order valence-electron chi connectivity index (χ3n) is 5.93. The van der Waals surface area contributed by atoms with Crippen molar-refractivity contribution in [3.63, 3.8) is 0 Å². The molecule has 4 rings (SSSR count). The summed E-state index contributed by atoms with van der Waals surface area (Å²) in [4.78, 5) is 44.4. The van der Waals surface area contributed by atoms with E-state index < -0.39 is 17.1 Å². The molecule has 228 valence electrons. The Balaban J connectivity index is 1.50. The summed E-state index contributed by atoms with van der Waals surface area (Å²) < 4.78 is 14.9. The zero-order valence-corrected chi connectivity index (χ0v) is 26.9. The van der Waals surface area contributed by atoms with Gasteiger partial charge in [-0.3, -0.25) is 19.7 Å². The number of anilines is 2. The summed E-state index contributed by atoms with van der Waals surface area (Å²) in [6.45, 7) is 3.80. The van der Waals surface area contributed by atoms with Crippen molar-refractivity contribution in [1.29, 1.82) is 0 Å². The van der Waals surface area contributed by atoms with Crippen LogP contribution in [-0.4, -0.2) is 52.3 Å². The number of nitrogens with one attached hydrogen (secondary N) is 3. The van der Waals surface area contributed by atoms with E-state index in [0.717, 1.165) is 22.2 Å². The Morgan fingerprint density at radius 1 is 0.955 bits per heavy atom. The molecule has 0 aliphatic rings. The van der Waals surface area contributed by atoms with Crippen molar-refractivity contribution in [2.45, 2.75) is 29.1 Å². The van der Waals surface area contributed by atoms with Gasteiger partial charge in [-0.25, -0.2) is 0 Å². The topological polar surface area (TPSA) is 132 Å². The standard InChI is InChI=1S/C31H31N5O5S3/c1-5-42-31-35-30(44-36-31)34-27(37)19(2)43-23-13-9-12-22(18-23)32-29(39)24(33-28(38)21-10-7-6-8-11-21)16-20-14-15-25(40-3)26(17-20)41-4/h6-19H,5H2,1-4H3,(H,32,39)(H,33,38)(H,34,35,36,37)/b24-16+. The molecule has 3 aromatic carbocycles. The molecule has 3 amide bonds. The highest BCUT2D eigenvalue weighted by atomic mass is 32.2. The molecular weight excluding hydrogens is 619 g/mol. The highest BCUT2D eigenvalue weighted by Crippen LogP contribution is 2.29. The number of methoxy groups -OCH3 is 2. The first-order valence-corrected chi connectivity index (χ1v) is 16.1. The lowest BCUT2D eigenvalue weighted by molar-refractivity contribution is -0.115. The van der Waals surface area contributed by atoms with E-state index in [4.69, 9.17) is 9.47 Å². The molecule has 0 radical (unpaired) electrons. The molecule has 0 fully saturated rings. The molecule has 44 heavy (non-hydrogen) atoms. The molecule has 1 atom stereocenters. The summed E-state index contributed by atoms with van der Waals surface area (Å²) in [5.74, 6) is 0.671. The molecule has 0 spiro atoms. The van der Waals surface area contributed by atoms with Gasteiger partial charge >= 0.3 is 0 Å². The average Bonchev–Trinajstić information content (AvgIpc) is 3.47. The number of benzene rings is 3. The molecule has 0 saturated heterocycles. The average molecular weight is 650 g/mol.